The first-order valence-corrected chi connectivity index (χ1v) is 12.1. The summed E-state index contributed by atoms with van der Waals surface area (Å²) in [5.41, 5.74) is 3.40. The highest BCUT2D eigenvalue weighted by Gasteiger charge is 2.27. The Morgan fingerprint density at radius 2 is 1.71 bits per heavy atom. The van der Waals surface area contributed by atoms with Crippen LogP contribution >= 0.6 is 23.5 Å². The van der Waals surface area contributed by atoms with E-state index in [0.717, 1.165) is 33.3 Å². The SMILES string of the molecule is CC(C)Cc1ccc(C#N)c(SCCC(=O)N2c3ccccc3Sc3ccccc32)n1. The summed E-state index contributed by atoms with van der Waals surface area (Å²) in [4.78, 5) is 22.0. The van der Waals surface area contributed by atoms with E-state index in [-0.39, 0.29) is 5.91 Å². The highest BCUT2D eigenvalue weighted by Crippen LogP contribution is 2.48. The zero-order valence-corrected chi connectivity index (χ0v) is 19.2. The van der Waals surface area contributed by atoms with E-state index in [1.807, 2.05) is 65.6 Å². The van der Waals surface area contributed by atoms with Gasteiger partial charge in [0.15, 0.2) is 0 Å². The number of para-hydroxylation sites is 2. The molecule has 0 aliphatic carbocycles. The fourth-order valence-electron chi connectivity index (χ4n) is 3.53. The summed E-state index contributed by atoms with van der Waals surface area (Å²) in [7, 11) is 0. The van der Waals surface area contributed by atoms with Crippen LogP contribution in [0.5, 0.6) is 0 Å². The van der Waals surface area contributed by atoms with E-state index in [1.54, 1.807) is 11.8 Å². The topological polar surface area (TPSA) is 57.0 Å². The van der Waals surface area contributed by atoms with E-state index < -0.39 is 0 Å². The predicted molar refractivity (Wildman–Crippen MR) is 127 cm³/mol. The molecule has 1 aliphatic heterocycles. The molecule has 6 heteroatoms. The first-order valence-electron chi connectivity index (χ1n) is 10.3. The second-order valence-corrected chi connectivity index (χ2v) is 9.90. The summed E-state index contributed by atoms with van der Waals surface area (Å²) in [6.45, 7) is 4.30. The number of rotatable bonds is 6. The molecule has 0 N–H and O–H groups in total. The van der Waals surface area contributed by atoms with Crippen molar-refractivity contribution in [3.05, 3.63) is 71.9 Å². The van der Waals surface area contributed by atoms with Gasteiger partial charge >= 0.3 is 0 Å². The molecule has 4 nitrogen and oxygen atoms in total. The van der Waals surface area contributed by atoms with Crippen molar-refractivity contribution >= 4 is 40.8 Å². The van der Waals surface area contributed by atoms with Gasteiger partial charge in [-0.3, -0.25) is 9.69 Å². The molecule has 156 valence electrons. The van der Waals surface area contributed by atoms with Crippen LogP contribution in [0.15, 0.2) is 75.5 Å². The Morgan fingerprint density at radius 3 is 2.32 bits per heavy atom. The monoisotopic (exact) mass is 445 g/mol. The quantitative estimate of drug-likeness (QED) is 0.407. The third-order valence-electron chi connectivity index (χ3n) is 4.89. The Morgan fingerprint density at radius 1 is 1.06 bits per heavy atom. The maximum Gasteiger partial charge on any atom is 0.232 e. The summed E-state index contributed by atoms with van der Waals surface area (Å²) < 4.78 is 0. The normalized spacial score (nSPS) is 12.3. The number of hydrogen-bond donors (Lipinski definition) is 0. The molecular formula is C25H23N3OS2. The first kappa shape index (κ1) is 21.5. The third kappa shape index (κ3) is 4.79. The standard InChI is InChI=1S/C25H23N3OS2/c1-17(2)15-19-12-11-18(16-26)25(27-19)30-14-13-24(29)28-20-7-3-5-9-22(20)31-23-10-6-4-8-21(23)28/h3-12,17H,13-15H2,1-2H3. The van der Waals surface area contributed by atoms with Gasteiger partial charge in [-0.1, -0.05) is 49.9 Å². The summed E-state index contributed by atoms with van der Waals surface area (Å²) in [6, 6.07) is 22.0. The van der Waals surface area contributed by atoms with Gasteiger partial charge in [0.25, 0.3) is 0 Å². The molecule has 2 aromatic carbocycles. The number of anilines is 2. The predicted octanol–water partition coefficient (Wildman–Crippen LogP) is 6.46. The van der Waals surface area contributed by atoms with Crippen LogP contribution in [0.2, 0.25) is 0 Å². The summed E-state index contributed by atoms with van der Waals surface area (Å²) >= 11 is 3.17. The lowest BCUT2D eigenvalue weighted by atomic mass is 10.1. The molecular weight excluding hydrogens is 422 g/mol. The van der Waals surface area contributed by atoms with Crippen molar-refractivity contribution in [2.75, 3.05) is 10.7 Å². The minimum absolute atomic E-state index is 0.0459. The number of aromatic nitrogens is 1. The fourth-order valence-corrected chi connectivity index (χ4v) is 5.50. The number of carbonyl (C=O) groups is 1. The molecule has 0 radical (unpaired) electrons. The highest BCUT2D eigenvalue weighted by molar-refractivity contribution is 7.99. The molecule has 0 spiro atoms. The Hall–Kier alpha value is -2.75. The number of nitriles is 1. The third-order valence-corrected chi connectivity index (χ3v) is 7.02. The lowest BCUT2D eigenvalue weighted by Gasteiger charge is -2.31. The van der Waals surface area contributed by atoms with E-state index in [2.05, 4.69) is 24.9 Å². The molecule has 0 bridgehead atoms. The van der Waals surface area contributed by atoms with Gasteiger partial charge in [0.1, 0.15) is 11.1 Å². The van der Waals surface area contributed by atoms with Crippen molar-refractivity contribution in [3.8, 4) is 6.07 Å². The average molecular weight is 446 g/mol. The molecule has 0 saturated heterocycles. The molecule has 1 amide bonds. The molecule has 0 saturated carbocycles. The van der Waals surface area contributed by atoms with Gasteiger partial charge in [-0.15, -0.1) is 11.8 Å². The van der Waals surface area contributed by atoms with Crippen molar-refractivity contribution in [3.63, 3.8) is 0 Å². The van der Waals surface area contributed by atoms with Crippen molar-refractivity contribution in [2.45, 2.75) is 41.5 Å². The Kier molecular flexibility index (Phi) is 6.64. The number of amides is 1. The number of hydrogen-bond acceptors (Lipinski definition) is 5. The van der Waals surface area contributed by atoms with Gasteiger partial charge in [0.2, 0.25) is 5.91 Å². The van der Waals surface area contributed by atoms with E-state index in [1.165, 1.54) is 11.8 Å². The van der Waals surface area contributed by atoms with E-state index in [4.69, 9.17) is 0 Å². The zero-order chi connectivity index (χ0) is 21.8. The van der Waals surface area contributed by atoms with Crippen LogP contribution in [0.25, 0.3) is 0 Å². The van der Waals surface area contributed by atoms with E-state index in [9.17, 15) is 10.1 Å². The van der Waals surface area contributed by atoms with Crippen LogP contribution < -0.4 is 4.90 Å². The average Bonchev–Trinajstić information content (AvgIpc) is 2.77. The lowest BCUT2D eigenvalue weighted by molar-refractivity contribution is -0.117. The summed E-state index contributed by atoms with van der Waals surface area (Å²) in [5, 5.41) is 10.2. The molecule has 0 unspecified atom stereocenters. The molecule has 31 heavy (non-hydrogen) atoms. The van der Waals surface area contributed by atoms with Gasteiger partial charge in [0.05, 0.1) is 16.9 Å². The van der Waals surface area contributed by atoms with Crippen LogP contribution in [0.4, 0.5) is 11.4 Å². The van der Waals surface area contributed by atoms with Gasteiger partial charge in [-0.2, -0.15) is 5.26 Å². The zero-order valence-electron chi connectivity index (χ0n) is 17.5. The lowest BCUT2D eigenvalue weighted by Crippen LogP contribution is -2.28. The summed E-state index contributed by atoms with van der Waals surface area (Å²) in [5.74, 6) is 1.11. The number of pyridine rings is 1. The molecule has 4 rings (SSSR count). The van der Waals surface area contributed by atoms with Crippen molar-refractivity contribution in [1.29, 1.82) is 5.26 Å². The largest absolute Gasteiger partial charge is 0.279 e. The Bertz CT molecular complexity index is 1110. The number of thioether (sulfide) groups is 1. The first-order chi connectivity index (χ1) is 15.1. The van der Waals surface area contributed by atoms with E-state index >= 15 is 0 Å². The smallest absolute Gasteiger partial charge is 0.232 e. The van der Waals surface area contributed by atoms with Gasteiger partial charge in [0, 0.05) is 27.7 Å². The summed E-state index contributed by atoms with van der Waals surface area (Å²) in [6.07, 6.45) is 1.23. The van der Waals surface area contributed by atoms with Crippen LogP contribution in [-0.4, -0.2) is 16.6 Å². The molecule has 1 aromatic heterocycles. The minimum Gasteiger partial charge on any atom is -0.279 e. The van der Waals surface area contributed by atoms with E-state index in [0.29, 0.717) is 28.7 Å². The number of carbonyl (C=O) groups excluding carboxylic acids is 1. The van der Waals surface area contributed by atoms with Gasteiger partial charge < -0.3 is 0 Å². The van der Waals surface area contributed by atoms with Crippen LogP contribution in [0, 0.1) is 17.2 Å². The van der Waals surface area contributed by atoms with Crippen molar-refractivity contribution in [1.82, 2.24) is 4.98 Å². The van der Waals surface area contributed by atoms with Gasteiger partial charge in [-0.25, -0.2) is 4.98 Å². The molecule has 2 heterocycles. The number of fused-ring (bicyclic) bond motifs is 2. The fraction of sp³-hybridized carbons (Fsp3) is 0.240. The highest BCUT2D eigenvalue weighted by atomic mass is 32.2. The van der Waals surface area contributed by atoms with Crippen molar-refractivity contribution in [2.24, 2.45) is 5.92 Å². The van der Waals surface area contributed by atoms with Crippen LogP contribution in [-0.2, 0) is 11.2 Å². The second-order valence-electron chi connectivity index (χ2n) is 7.73. The Labute approximate surface area is 191 Å². The Balaban J connectivity index is 1.51. The molecule has 0 fully saturated rings. The number of benzene rings is 2. The maximum absolute atomic E-state index is 13.3. The van der Waals surface area contributed by atoms with Crippen LogP contribution in [0.1, 0.15) is 31.5 Å². The minimum atomic E-state index is 0.0459. The van der Waals surface area contributed by atoms with Crippen LogP contribution in [0.3, 0.4) is 0 Å². The van der Waals surface area contributed by atoms with Gasteiger partial charge in [-0.05, 0) is 48.7 Å². The molecule has 3 aromatic rings. The number of nitrogens with zero attached hydrogens (tertiary/aromatic N) is 3. The molecule has 1 aliphatic rings. The maximum atomic E-state index is 13.3. The molecule has 0 atom stereocenters. The van der Waals surface area contributed by atoms with Crippen molar-refractivity contribution < 1.29 is 4.79 Å². The second kappa shape index (κ2) is 9.59.